The third-order valence-corrected chi connectivity index (χ3v) is 5.73. The van der Waals surface area contributed by atoms with Crippen LogP contribution in [0.1, 0.15) is 40.3 Å². The molecule has 5 nitrogen and oxygen atoms in total. The van der Waals surface area contributed by atoms with E-state index >= 15 is 0 Å². The van der Waals surface area contributed by atoms with Gasteiger partial charge in [-0.3, -0.25) is 4.79 Å². The number of carbonyl (C=O) groups excluding carboxylic acids is 1. The molecule has 0 radical (unpaired) electrons. The van der Waals surface area contributed by atoms with Gasteiger partial charge in [0.05, 0.1) is 12.8 Å². The number of ether oxygens (including phenoxy) is 1. The molecule has 1 atom stereocenters. The molecule has 0 saturated heterocycles. The summed E-state index contributed by atoms with van der Waals surface area (Å²) >= 11 is 0. The first-order chi connectivity index (χ1) is 14.9. The zero-order chi connectivity index (χ0) is 22.0. The second kappa shape index (κ2) is 8.64. The van der Waals surface area contributed by atoms with Crippen LogP contribution in [0.2, 0.25) is 0 Å². The fourth-order valence-electron chi connectivity index (χ4n) is 3.83. The van der Waals surface area contributed by atoms with E-state index in [4.69, 9.17) is 4.74 Å². The third kappa shape index (κ3) is 4.45. The summed E-state index contributed by atoms with van der Waals surface area (Å²) in [5, 5.41) is 3.06. The van der Waals surface area contributed by atoms with Gasteiger partial charge < -0.3 is 14.5 Å². The van der Waals surface area contributed by atoms with Crippen LogP contribution in [-0.4, -0.2) is 22.4 Å². The smallest absolute Gasteiger partial charge is 0.225 e. The van der Waals surface area contributed by atoms with Crippen molar-refractivity contribution in [3.05, 3.63) is 94.9 Å². The van der Waals surface area contributed by atoms with E-state index in [1.807, 2.05) is 74.8 Å². The van der Waals surface area contributed by atoms with Gasteiger partial charge in [0.1, 0.15) is 11.4 Å². The zero-order valence-electron chi connectivity index (χ0n) is 18.3. The van der Waals surface area contributed by atoms with Crippen molar-refractivity contribution in [3.8, 4) is 5.75 Å². The van der Waals surface area contributed by atoms with E-state index in [9.17, 15) is 4.79 Å². The van der Waals surface area contributed by atoms with Gasteiger partial charge in [-0.2, -0.15) is 0 Å². The van der Waals surface area contributed by atoms with Crippen LogP contribution >= 0.6 is 0 Å². The van der Waals surface area contributed by atoms with Crippen LogP contribution < -0.4 is 10.1 Å². The Morgan fingerprint density at radius 3 is 2.68 bits per heavy atom. The molecular formula is C26H27N3O2. The molecule has 0 saturated carbocycles. The number of benzene rings is 2. The van der Waals surface area contributed by atoms with Gasteiger partial charge in [0, 0.05) is 30.4 Å². The van der Waals surface area contributed by atoms with Gasteiger partial charge in [-0.05, 0) is 79.4 Å². The lowest BCUT2D eigenvalue weighted by molar-refractivity contribution is -0.116. The molecule has 5 heteroatoms. The molecule has 2 aromatic carbocycles. The third-order valence-electron chi connectivity index (χ3n) is 5.73. The summed E-state index contributed by atoms with van der Waals surface area (Å²) in [5.74, 6) is 0.555. The van der Waals surface area contributed by atoms with Crippen molar-refractivity contribution in [1.82, 2.24) is 9.38 Å². The topological polar surface area (TPSA) is 55.6 Å². The molecule has 0 bridgehead atoms. The zero-order valence-corrected chi connectivity index (χ0v) is 18.3. The molecule has 0 aliphatic rings. The Bertz CT molecular complexity index is 1240. The Labute approximate surface area is 182 Å². The number of nitrogens with one attached hydrogen (secondary N) is 1. The minimum atomic E-state index is -0.167. The monoisotopic (exact) mass is 413 g/mol. The standard InChI is InChI=1S/C26H27N3O2/c1-17-10-11-29-24(16-27-25(29)12-17)23(20-6-5-7-22(14-20)31-4)15-26(30)28-21-9-8-18(2)19(3)13-21/h5-14,16,23H,15H2,1-4H3,(H,28,30). The number of anilines is 1. The van der Waals surface area contributed by atoms with Gasteiger partial charge in [-0.15, -0.1) is 0 Å². The van der Waals surface area contributed by atoms with Crippen LogP contribution in [0.25, 0.3) is 5.65 Å². The molecule has 1 amide bonds. The molecule has 4 rings (SSSR count). The molecule has 31 heavy (non-hydrogen) atoms. The summed E-state index contributed by atoms with van der Waals surface area (Å²) in [6.07, 6.45) is 4.17. The SMILES string of the molecule is COc1cccc(C(CC(=O)Nc2ccc(C)c(C)c2)c2cnc3cc(C)ccn23)c1. The van der Waals surface area contributed by atoms with E-state index in [1.54, 1.807) is 7.11 Å². The van der Waals surface area contributed by atoms with Crippen LogP contribution in [0.5, 0.6) is 5.75 Å². The van der Waals surface area contributed by atoms with Gasteiger partial charge >= 0.3 is 0 Å². The number of carbonyl (C=O) groups is 1. The van der Waals surface area contributed by atoms with E-state index in [0.29, 0.717) is 6.42 Å². The van der Waals surface area contributed by atoms with Crippen molar-refractivity contribution >= 4 is 17.2 Å². The highest BCUT2D eigenvalue weighted by Gasteiger charge is 2.22. The van der Waals surface area contributed by atoms with Crippen LogP contribution in [0.4, 0.5) is 5.69 Å². The first-order valence-electron chi connectivity index (χ1n) is 10.4. The molecule has 0 aliphatic carbocycles. The Kier molecular flexibility index (Phi) is 5.76. The highest BCUT2D eigenvalue weighted by atomic mass is 16.5. The van der Waals surface area contributed by atoms with Crippen molar-refractivity contribution in [2.45, 2.75) is 33.1 Å². The summed E-state index contributed by atoms with van der Waals surface area (Å²) in [5.41, 5.74) is 7.17. The molecule has 2 heterocycles. The van der Waals surface area contributed by atoms with Crippen molar-refractivity contribution in [2.75, 3.05) is 12.4 Å². The number of pyridine rings is 1. The van der Waals surface area contributed by atoms with E-state index < -0.39 is 0 Å². The predicted octanol–water partition coefficient (Wildman–Crippen LogP) is 5.43. The number of hydrogen-bond acceptors (Lipinski definition) is 3. The molecule has 1 unspecified atom stereocenters. The number of fused-ring (bicyclic) bond motifs is 1. The summed E-state index contributed by atoms with van der Waals surface area (Å²) in [4.78, 5) is 17.6. The summed E-state index contributed by atoms with van der Waals surface area (Å²) < 4.78 is 7.48. The maximum Gasteiger partial charge on any atom is 0.225 e. The lowest BCUT2D eigenvalue weighted by atomic mass is 9.92. The number of aromatic nitrogens is 2. The summed E-state index contributed by atoms with van der Waals surface area (Å²) in [6.45, 7) is 6.15. The van der Waals surface area contributed by atoms with Crippen molar-refractivity contribution in [3.63, 3.8) is 0 Å². The van der Waals surface area contributed by atoms with E-state index in [2.05, 4.69) is 27.7 Å². The van der Waals surface area contributed by atoms with E-state index in [1.165, 1.54) is 5.56 Å². The van der Waals surface area contributed by atoms with Crippen LogP contribution in [0.3, 0.4) is 0 Å². The molecule has 2 aromatic heterocycles. The van der Waals surface area contributed by atoms with Gasteiger partial charge in [-0.1, -0.05) is 18.2 Å². The fraction of sp³-hybridized carbons (Fsp3) is 0.231. The Morgan fingerprint density at radius 2 is 1.90 bits per heavy atom. The van der Waals surface area contributed by atoms with Gasteiger partial charge in [0.15, 0.2) is 0 Å². The first-order valence-corrected chi connectivity index (χ1v) is 10.4. The minimum absolute atomic E-state index is 0.0434. The van der Waals surface area contributed by atoms with Crippen molar-refractivity contribution < 1.29 is 9.53 Å². The number of rotatable bonds is 6. The van der Waals surface area contributed by atoms with Crippen LogP contribution in [0, 0.1) is 20.8 Å². The average Bonchev–Trinajstić information content (AvgIpc) is 3.17. The Hall–Kier alpha value is -3.60. The first kappa shape index (κ1) is 20.7. The number of methoxy groups -OCH3 is 1. The second-order valence-corrected chi connectivity index (χ2v) is 8.00. The molecule has 0 fully saturated rings. The normalized spacial score (nSPS) is 12.0. The van der Waals surface area contributed by atoms with Crippen molar-refractivity contribution in [2.24, 2.45) is 0 Å². The number of aryl methyl sites for hydroxylation is 3. The number of imidazole rings is 1. The number of amides is 1. The summed E-state index contributed by atoms with van der Waals surface area (Å²) in [6, 6.07) is 18.0. The summed E-state index contributed by atoms with van der Waals surface area (Å²) in [7, 11) is 1.65. The molecule has 4 aromatic rings. The molecule has 158 valence electrons. The lowest BCUT2D eigenvalue weighted by Gasteiger charge is -2.18. The Balaban J connectivity index is 1.69. The largest absolute Gasteiger partial charge is 0.497 e. The fourth-order valence-corrected chi connectivity index (χ4v) is 3.83. The number of hydrogen-bond donors (Lipinski definition) is 1. The lowest BCUT2D eigenvalue weighted by Crippen LogP contribution is -2.17. The maximum absolute atomic E-state index is 13.1. The highest BCUT2D eigenvalue weighted by molar-refractivity contribution is 5.91. The quantitative estimate of drug-likeness (QED) is 0.459. The van der Waals surface area contributed by atoms with E-state index in [0.717, 1.165) is 39.5 Å². The van der Waals surface area contributed by atoms with Gasteiger partial charge in [0.2, 0.25) is 5.91 Å². The van der Waals surface area contributed by atoms with Crippen LogP contribution in [-0.2, 0) is 4.79 Å². The highest BCUT2D eigenvalue weighted by Crippen LogP contribution is 2.31. The minimum Gasteiger partial charge on any atom is -0.497 e. The molecule has 0 aliphatic heterocycles. The second-order valence-electron chi connectivity index (χ2n) is 8.00. The molecular weight excluding hydrogens is 386 g/mol. The maximum atomic E-state index is 13.1. The van der Waals surface area contributed by atoms with E-state index in [-0.39, 0.29) is 11.8 Å². The van der Waals surface area contributed by atoms with Gasteiger partial charge in [-0.25, -0.2) is 4.98 Å². The van der Waals surface area contributed by atoms with Crippen molar-refractivity contribution in [1.29, 1.82) is 0 Å². The average molecular weight is 414 g/mol. The Morgan fingerprint density at radius 1 is 1.06 bits per heavy atom. The molecule has 0 spiro atoms. The van der Waals surface area contributed by atoms with Crippen LogP contribution in [0.15, 0.2) is 67.0 Å². The molecule has 1 N–H and O–H groups in total. The predicted molar refractivity (Wildman–Crippen MR) is 124 cm³/mol. The van der Waals surface area contributed by atoms with Gasteiger partial charge in [0.25, 0.3) is 0 Å². The number of nitrogens with zero attached hydrogens (tertiary/aromatic N) is 2.